The van der Waals surface area contributed by atoms with E-state index < -0.39 is 0 Å². The van der Waals surface area contributed by atoms with Crippen molar-refractivity contribution in [1.29, 1.82) is 0 Å². The van der Waals surface area contributed by atoms with E-state index in [-0.39, 0.29) is 11.4 Å². The number of hydrogen-bond donors (Lipinski definition) is 1. The van der Waals surface area contributed by atoms with E-state index in [1.165, 1.54) is 0 Å². The Labute approximate surface area is 98.4 Å². The number of carbonyl (C=O) groups excluding carboxylic acids is 1. The molecule has 1 aromatic rings. The Morgan fingerprint density at radius 1 is 1.60 bits per heavy atom. The number of nitrogens with one attached hydrogen (secondary N) is 1. The molecule has 0 fully saturated rings. The van der Waals surface area contributed by atoms with Crippen molar-refractivity contribution in [2.24, 2.45) is 0 Å². The molecule has 1 aromatic heterocycles. The van der Waals surface area contributed by atoms with E-state index in [1.807, 2.05) is 20.8 Å². The highest BCUT2D eigenvalue weighted by Crippen LogP contribution is 2.08. The first-order valence-electron chi connectivity index (χ1n) is 4.76. The Morgan fingerprint density at radius 2 is 2.27 bits per heavy atom. The van der Waals surface area contributed by atoms with Crippen LogP contribution in [0.15, 0.2) is 18.3 Å². The van der Waals surface area contributed by atoms with Crippen LogP contribution in [0.25, 0.3) is 0 Å². The van der Waals surface area contributed by atoms with Gasteiger partial charge in [-0.3, -0.25) is 9.78 Å². The van der Waals surface area contributed by atoms with E-state index in [4.69, 9.17) is 0 Å². The summed E-state index contributed by atoms with van der Waals surface area (Å²) in [6.45, 7) is 5.80. The van der Waals surface area contributed by atoms with E-state index >= 15 is 0 Å². The van der Waals surface area contributed by atoms with Crippen LogP contribution in [0.2, 0.25) is 0 Å². The standard InChI is InChI=1S/C11H15BrN2O/c1-8-6-9(4-5-13-8)10(15)14-11(2,3)7-12/h4-6H,7H2,1-3H3,(H,14,15). The molecule has 15 heavy (non-hydrogen) atoms. The fourth-order valence-electron chi connectivity index (χ4n) is 1.10. The summed E-state index contributed by atoms with van der Waals surface area (Å²) in [4.78, 5) is 15.9. The van der Waals surface area contributed by atoms with Gasteiger partial charge in [0, 0.05) is 28.3 Å². The number of carbonyl (C=O) groups is 1. The SMILES string of the molecule is Cc1cc(C(=O)NC(C)(C)CBr)ccn1. The van der Waals surface area contributed by atoms with Gasteiger partial charge >= 0.3 is 0 Å². The number of aryl methyl sites for hydroxylation is 1. The first kappa shape index (κ1) is 12.2. The van der Waals surface area contributed by atoms with Crippen LogP contribution >= 0.6 is 15.9 Å². The molecule has 1 amide bonds. The van der Waals surface area contributed by atoms with E-state index in [1.54, 1.807) is 18.3 Å². The maximum Gasteiger partial charge on any atom is 0.251 e. The predicted molar refractivity (Wildman–Crippen MR) is 64.3 cm³/mol. The van der Waals surface area contributed by atoms with Crippen molar-refractivity contribution < 1.29 is 4.79 Å². The number of amides is 1. The average molecular weight is 271 g/mol. The van der Waals surface area contributed by atoms with Crippen molar-refractivity contribution in [3.63, 3.8) is 0 Å². The molecule has 3 nitrogen and oxygen atoms in total. The lowest BCUT2D eigenvalue weighted by molar-refractivity contribution is 0.0921. The van der Waals surface area contributed by atoms with E-state index in [0.717, 1.165) is 11.0 Å². The van der Waals surface area contributed by atoms with Crippen LogP contribution in [-0.2, 0) is 0 Å². The minimum absolute atomic E-state index is 0.0649. The molecule has 0 aliphatic heterocycles. The highest BCUT2D eigenvalue weighted by atomic mass is 79.9. The molecule has 0 aliphatic rings. The van der Waals surface area contributed by atoms with Crippen LogP contribution in [0.5, 0.6) is 0 Å². The zero-order chi connectivity index (χ0) is 11.5. The smallest absolute Gasteiger partial charge is 0.251 e. The number of pyridine rings is 1. The Hall–Kier alpha value is -0.900. The summed E-state index contributed by atoms with van der Waals surface area (Å²) >= 11 is 3.36. The minimum atomic E-state index is -0.242. The fraction of sp³-hybridized carbons (Fsp3) is 0.455. The number of alkyl halides is 1. The second-order valence-corrected chi connectivity index (χ2v) is 4.72. The molecular weight excluding hydrogens is 256 g/mol. The van der Waals surface area contributed by atoms with Crippen LogP contribution in [0.4, 0.5) is 0 Å². The summed E-state index contributed by atoms with van der Waals surface area (Å²) in [5.74, 6) is -0.0649. The zero-order valence-corrected chi connectivity index (χ0v) is 10.8. The molecule has 0 unspecified atom stereocenters. The monoisotopic (exact) mass is 270 g/mol. The maximum atomic E-state index is 11.8. The van der Waals surface area contributed by atoms with Crippen molar-refractivity contribution in [3.8, 4) is 0 Å². The number of halogens is 1. The quantitative estimate of drug-likeness (QED) is 0.857. The van der Waals surface area contributed by atoms with Crippen LogP contribution < -0.4 is 5.32 Å². The molecule has 0 spiro atoms. The maximum absolute atomic E-state index is 11.8. The molecule has 1 N–H and O–H groups in total. The van der Waals surface area contributed by atoms with Gasteiger partial charge in [0.1, 0.15) is 0 Å². The number of rotatable bonds is 3. The van der Waals surface area contributed by atoms with Gasteiger partial charge in [-0.1, -0.05) is 15.9 Å². The number of hydrogen-bond acceptors (Lipinski definition) is 2. The molecule has 0 atom stereocenters. The topological polar surface area (TPSA) is 42.0 Å². The Balaban J connectivity index is 2.78. The largest absolute Gasteiger partial charge is 0.346 e. The van der Waals surface area contributed by atoms with Crippen molar-refractivity contribution in [2.75, 3.05) is 5.33 Å². The van der Waals surface area contributed by atoms with Crippen molar-refractivity contribution >= 4 is 21.8 Å². The molecule has 82 valence electrons. The minimum Gasteiger partial charge on any atom is -0.346 e. The Morgan fingerprint density at radius 3 is 2.80 bits per heavy atom. The summed E-state index contributed by atoms with van der Waals surface area (Å²) in [5, 5.41) is 3.65. The van der Waals surface area contributed by atoms with Crippen LogP contribution in [0.3, 0.4) is 0 Å². The molecule has 1 rings (SSSR count). The molecule has 0 saturated carbocycles. The van der Waals surface area contributed by atoms with Gasteiger partial charge in [-0.15, -0.1) is 0 Å². The van der Waals surface area contributed by atoms with E-state index in [9.17, 15) is 4.79 Å². The molecule has 0 bridgehead atoms. The molecule has 0 saturated heterocycles. The highest BCUT2D eigenvalue weighted by molar-refractivity contribution is 9.09. The molecule has 1 heterocycles. The van der Waals surface area contributed by atoms with Crippen molar-refractivity contribution in [1.82, 2.24) is 10.3 Å². The third kappa shape index (κ3) is 3.63. The lowest BCUT2D eigenvalue weighted by atomic mass is 10.1. The summed E-state index contributed by atoms with van der Waals surface area (Å²) in [7, 11) is 0. The average Bonchev–Trinajstić information content (AvgIpc) is 2.17. The summed E-state index contributed by atoms with van der Waals surface area (Å²) < 4.78 is 0. The Kier molecular flexibility index (Phi) is 3.85. The van der Waals surface area contributed by atoms with E-state index in [2.05, 4.69) is 26.2 Å². The van der Waals surface area contributed by atoms with E-state index in [0.29, 0.717) is 5.56 Å². The molecular formula is C11H15BrN2O. The first-order chi connectivity index (χ1) is 6.94. The molecule has 0 radical (unpaired) electrons. The second-order valence-electron chi connectivity index (χ2n) is 4.16. The highest BCUT2D eigenvalue weighted by Gasteiger charge is 2.19. The van der Waals surface area contributed by atoms with Gasteiger partial charge in [0.25, 0.3) is 5.91 Å². The predicted octanol–water partition coefficient (Wildman–Crippen LogP) is 2.29. The van der Waals surface area contributed by atoms with Gasteiger partial charge in [-0.2, -0.15) is 0 Å². The molecule has 4 heteroatoms. The van der Waals surface area contributed by atoms with Crippen LogP contribution in [0.1, 0.15) is 29.9 Å². The number of nitrogens with zero attached hydrogens (tertiary/aromatic N) is 1. The van der Waals surface area contributed by atoms with Crippen LogP contribution in [-0.4, -0.2) is 21.8 Å². The summed E-state index contributed by atoms with van der Waals surface area (Å²) in [5.41, 5.74) is 1.25. The lowest BCUT2D eigenvalue weighted by Crippen LogP contribution is -2.44. The fourth-order valence-corrected chi connectivity index (χ4v) is 1.24. The third-order valence-corrected chi connectivity index (χ3v) is 3.35. The molecule has 0 aromatic carbocycles. The normalized spacial score (nSPS) is 11.2. The second kappa shape index (κ2) is 4.75. The van der Waals surface area contributed by atoms with Crippen LogP contribution in [0, 0.1) is 6.92 Å². The van der Waals surface area contributed by atoms with Crippen molar-refractivity contribution in [2.45, 2.75) is 26.3 Å². The van der Waals surface area contributed by atoms with Gasteiger partial charge in [-0.05, 0) is 32.9 Å². The third-order valence-electron chi connectivity index (χ3n) is 1.94. The van der Waals surface area contributed by atoms with Gasteiger partial charge in [-0.25, -0.2) is 0 Å². The summed E-state index contributed by atoms with van der Waals surface area (Å²) in [6.07, 6.45) is 1.64. The zero-order valence-electron chi connectivity index (χ0n) is 9.17. The molecule has 0 aliphatic carbocycles. The summed E-state index contributed by atoms with van der Waals surface area (Å²) in [6, 6.07) is 3.49. The number of aromatic nitrogens is 1. The lowest BCUT2D eigenvalue weighted by Gasteiger charge is -2.23. The van der Waals surface area contributed by atoms with Gasteiger partial charge in [0.2, 0.25) is 0 Å². The Bertz CT molecular complexity index is 363. The van der Waals surface area contributed by atoms with Gasteiger partial charge in [0.05, 0.1) is 0 Å². The van der Waals surface area contributed by atoms with Crippen molar-refractivity contribution in [3.05, 3.63) is 29.6 Å². The van der Waals surface area contributed by atoms with Gasteiger partial charge < -0.3 is 5.32 Å². The first-order valence-corrected chi connectivity index (χ1v) is 5.88. The van der Waals surface area contributed by atoms with Gasteiger partial charge in [0.15, 0.2) is 0 Å².